The van der Waals surface area contributed by atoms with Gasteiger partial charge in [-0.05, 0) is 38.5 Å². The number of allylic oxidation sites excluding steroid dienone is 4. The van der Waals surface area contributed by atoms with Gasteiger partial charge in [0.15, 0.2) is 6.10 Å². The van der Waals surface area contributed by atoms with Crippen molar-refractivity contribution in [1.82, 2.24) is 0 Å². The fourth-order valence-electron chi connectivity index (χ4n) is 6.85. The second-order valence-electron chi connectivity index (χ2n) is 17.8. The molecular weight excluding hydrogens is 743 g/mol. The number of quaternary nitrogens is 1. The first-order valence-corrected chi connectivity index (χ1v) is 24.5. The van der Waals surface area contributed by atoms with Crippen molar-refractivity contribution in [3.8, 4) is 0 Å². The summed E-state index contributed by atoms with van der Waals surface area (Å²) in [6.45, 7) is 4.84. The Hall–Kier alpha value is -2.23. The van der Waals surface area contributed by atoms with Crippen molar-refractivity contribution in [1.29, 1.82) is 0 Å². The van der Waals surface area contributed by atoms with E-state index in [1.807, 2.05) is 21.1 Å². The lowest BCUT2D eigenvalue weighted by Gasteiger charge is -2.25. The van der Waals surface area contributed by atoms with Gasteiger partial charge in [0.2, 0.25) is 0 Å². The van der Waals surface area contributed by atoms with E-state index in [1.165, 1.54) is 122 Å². The van der Waals surface area contributed by atoms with Gasteiger partial charge in [-0.2, -0.15) is 0 Å². The Morgan fingerprint density at radius 2 is 0.932 bits per heavy atom. The Balaban J connectivity index is 4.32. The molecule has 1 N–H and O–H groups in total. The molecule has 346 valence electrons. The van der Waals surface area contributed by atoms with E-state index in [-0.39, 0.29) is 32.2 Å². The van der Waals surface area contributed by atoms with E-state index in [1.54, 1.807) is 0 Å². The van der Waals surface area contributed by atoms with Crippen LogP contribution in [0.2, 0.25) is 0 Å². The number of hydrogen-bond acceptors (Lipinski definition) is 7. The molecular formula is C50H94NO8+. The number of aliphatic carboxylic acids is 1. The fourth-order valence-corrected chi connectivity index (χ4v) is 6.85. The van der Waals surface area contributed by atoms with Crippen LogP contribution in [0.25, 0.3) is 0 Å². The molecule has 0 saturated carbocycles. The zero-order valence-corrected chi connectivity index (χ0v) is 39.2. The number of carbonyl (C=O) groups excluding carboxylic acids is 2. The molecule has 0 aliphatic rings. The number of esters is 2. The van der Waals surface area contributed by atoms with E-state index in [9.17, 15) is 19.5 Å². The third-order valence-electron chi connectivity index (χ3n) is 10.7. The summed E-state index contributed by atoms with van der Waals surface area (Å²) in [6, 6.07) is 0. The number of carboxylic acids is 1. The minimum absolute atomic E-state index is 0.183. The van der Waals surface area contributed by atoms with Crippen LogP contribution in [0.15, 0.2) is 24.3 Å². The summed E-state index contributed by atoms with van der Waals surface area (Å²) in [5.74, 6) is -2.01. The zero-order valence-electron chi connectivity index (χ0n) is 39.2. The topological polar surface area (TPSA) is 108 Å². The van der Waals surface area contributed by atoms with Gasteiger partial charge in [0.05, 0.1) is 34.4 Å². The number of carboxylic acid groups (broad SMARTS) is 1. The predicted molar refractivity (Wildman–Crippen MR) is 244 cm³/mol. The fraction of sp³-hybridized carbons (Fsp3) is 0.860. The van der Waals surface area contributed by atoms with Gasteiger partial charge in [-0.1, -0.05) is 192 Å². The van der Waals surface area contributed by atoms with E-state index < -0.39 is 24.3 Å². The number of likely N-dealkylation sites (N-methyl/N-ethyl adjacent to an activating group) is 1. The van der Waals surface area contributed by atoms with Crippen LogP contribution in [0.4, 0.5) is 0 Å². The van der Waals surface area contributed by atoms with Crippen molar-refractivity contribution in [2.24, 2.45) is 0 Å². The third-order valence-corrected chi connectivity index (χ3v) is 10.7. The maximum atomic E-state index is 12.8. The monoisotopic (exact) mass is 837 g/mol. The SMILES string of the molecule is CCCC/C=C\C/C=C\CCCCCCCC(=O)OC(COC(=O)CCCCCCCCCCCCCCCCCCCCCC)COC(OCC[N+](C)(C)C)C(=O)O. The normalized spacial score (nSPS) is 13.0. The summed E-state index contributed by atoms with van der Waals surface area (Å²) >= 11 is 0. The lowest BCUT2D eigenvalue weighted by atomic mass is 10.0. The summed E-state index contributed by atoms with van der Waals surface area (Å²) in [5.41, 5.74) is 0. The molecule has 9 heteroatoms. The molecule has 0 amide bonds. The lowest BCUT2D eigenvalue weighted by molar-refractivity contribution is -0.870. The van der Waals surface area contributed by atoms with Crippen molar-refractivity contribution in [2.45, 2.75) is 232 Å². The number of nitrogens with zero attached hydrogens (tertiary/aromatic N) is 1. The number of rotatable bonds is 45. The molecule has 0 aliphatic carbocycles. The van der Waals surface area contributed by atoms with Crippen LogP contribution >= 0.6 is 0 Å². The second kappa shape index (κ2) is 42.5. The van der Waals surface area contributed by atoms with E-state index in [0.29, 0.717) is 23.9 Å². The van der Waals surface area contributed by atoms with Crippen molar-refractivity contribution in [2.75, 3.05) is 47.5 Å². The largest absolute Gasteiger partial charge is 0.477 e. The molecule has 0 fully saturated rings. The van der Waals surface area contributed by atoms with E-state index in [4.69, 9.17) is 18.9 Å². The average Bonchev–Trinajstić information content (AvgIpc) is 3.19. The first-order valence-electron chi connectivity index (χ1n) is 24.5. The lowest BCUT2D eigenvalue weighted by Crippen LogP contribution is -2.40. The minimum atomic E-state index is -1.51. The van der Waals surface area contributed by atoms with Gasteiger partial charge >= 0.3 is 17.9 Å². The van der Waals surface area contributed by atoms with Crippen LogP contribution in [0.5, 0.6) is 0 Å². The highest BCUT2D eigenvalue weighted by atomic mass is 16.7. The van der Waals surface area contributed by atoms with Gasteiger partial charge < -0.3 is 28.5 Å². The van der Waals surface area contributed by atoms with Crippen molar-refractivity contribution in [3.05, 3.63) is 24.3 Å². The number of carbonyl (C=O) groups is 3. The van der Waals surface area contributed by atoms with Gasteiger partial charge in [0.1, 0.15) is 13.2 Å². The van der Waals surface area contributed by atoms with Gasteiger partial charge in [-0.15, -0.1) is 0 Å². The van der Waals surface area contributed by atoms with Gasteiger partial charge in [0, 0.05) is 12.8 Å². The van der Waals surface area contributed by atoms with Gasteiger partial charge in [-0.25, -0.2) is 4.79 Å². The number of unbranched alkanes of at least 4 members (excludes halogenated alkanes) is 26. The van der Waals surface area contributed by atoms with E-state index >= 15 is 0 Å². The first kappa shape index (κ1) is 56.8. The quantitative estimate of drug-likeness (QED) is 0.0212. The second-order valence-corrected chi connectivity index (χ2v) is 17.8. The summed E-state index contributed by atoms with van der Waals surface area (Å²) in [6.07, 6.45) is 43.8. The highest BCUT2D eigenvalue weighted by molar-refractivity contribution is 5.71. The molecule has 2 unspecified atom stereocenters. The van der Waals surface area contributed by atoms with Crippen LogP contribution in [0.1, 0.15) is 219 Å². The van der Waals surface area contributed by atoms with Crippen molar-refractivity contribution >= 4 is 17.9 Å². The molecule has 0 aromatic carbocycles. The molecule has 59 heavy (non-hydrogen) atoms. The Labute approximate surface area is 363 Å². The average molecular weight is 837 g/mol. The Bertz CT molecular complexity index is 1020. The van der Waals surface area contributed by atoms with Gasteiger partial charge in [-0.3, -0.25) is 9.59 Å². The molecule has 0 saturated heterocycles. The maximum absolute atomic E-state index is 12.8. The molecule has 2 atom stereocenters. The van der Waals surface area contributed by atoms with Crippen LogP contribution in [0.3, 0.4) is 0 Å². The molecule has 0 aromatic heterocycles. The summed E-state index contributed by atoms with van der Waals surface area (Å²) < 4.78 is 22.8. The summed E-state index contributed by atoms with van der Waals surface area (Å²) in [4.78, 5) is 37.2. The third kappa shape index (κ3) is 43.7. The minimum Gasteiger partial charge on any atom is -0.477 e. The Morgan fingerprint density at radius 3 is 1.39 bits per heavy atom. The molecule has 0 aliphatic heterocycles. The standard InChI is InChI=1S/C50H93NO8/c1-6-8-10-12-14-16-18-20-22-23-24-25-26-27-29-30-32-34-36-38-40-47(52)57-44-46(45-58-50(49(54)55)56-43-42-51(3,4)5)59-48(53)41-39-37-35-33-31-28-21-19-17-15-13-11-9-7-2/h13,15,19,21,46,50H,6-12,14,16-18,20,22-45H2,1-5H3/p+1/b15-13-,21-19-. The molecule has 9 nitrogen and oxygen atoms in total. The van der Waals surface area contributed by atoms with Crippen LogP contribution in [-0.4, -0.2) is 87.4 Å². The zero-order chi connectivity index (χ0) is 43.5. The van der Waals surface area contributed by atoms with E-state index in [0.717, 1.165) is 64.2 Å². The summed E-state index contributed by atoms with van der Waals surface area (Å²) in [5, 5.41) is 9.65. The highest BCUT2D eigenvalue weighted by Gasteiger charge is 2.25. The molecule has 0 bridgehead atoms. The van der Waals surface area contributed by atoms with Crippen molar-refractivity contribution in [3.63, 3.8) is 0 Å². The van der Waals surface area contributed by atoms with Crippen LogP contribution in [0, 0.1) is 0 Å². The van der Waals surface area contributed by atoms with Gasteiger partial charge in [0.25, 0.3) is 6.29 Å². The Kier molecular flexibility index (Phi) is 40.9. The molecule has 0 heterocycles. The Morgan fingerprint density at radius 1 is 0.508 bits per heavy atom. The molecule has 0 spiro atoms. The first-order chi connectivity index (χ1) is 28.6. The molecule has 0 rings (SSSR count). The van der Waals surface area contributed by atoms with Crippen LogP contribution in [-0.2, 0) is 33.3 Å². The van der Waals surface area contributed by atoms with Crippen molar-refractivity contribution < 1.29 is 42.9 Å². The smallest absolute Gasteiger partial charge is 0.361 e. The van der Waals surface area contributed by atoms with Crippen LogP contribution < -0.4 is 0 Å². The predicted octanol–water partition coefficient (Wildman–Crippen LogP) is 13.2. The highest BCUT2D eigenvalue weighted by Crippen LogP contribution is 2.16. The molecule has 0 radical (unpaired) electrons. The number of hydrogen-bond donors (Lipinski definition) is 1. The molecule has 0 aromatic rings. The maximum Gasteiger partial charge on any atom is 0.361 e. The number of ether oxygens (including phenoxy) is 4. The van der Waals surface area contributed by atoms with E-state index in [2.05, 4.69) is 38.2 Å². The summed E-state index contributed by atoms with van der Waals surface area (Å²) in [7, 11) is 5.96.